The van der Waals surface area contributed by atoms with Crippen molar-refractivity contribution in [1.82, 2.24) is 4.90 Å². The van der Waals surface area contributed by atoms with Crippen molar-refractivity contribution in [3.63, 3.8) is 0 Å². The Balaban J connectivity index is 1.57. The fourth-order valence-electron chi connectivity index (χ4n) is 4.24. The maximum Gasteiger partial charge on any atom is 0.257 e. The number of methoxy groups -OCH3 is 1. The molecule has 4 rings (SSSR count). The maximum absolute atomic E-state index is 13.3. The van der Waals surface area contributed by atoms with E-state index in [0.717, 1.165) is 24.1 Å². The topological polar surface area (TPSA) is 59.1 Å². The lowest BCUT2D eigenvalue weighted by molar-refractivity contribution is -0.144. The van der Waals surface area contributed by atoms with Crippen molar-refractivity contribution >= 4 is 17.5 Å². The number of likely N-dealkylation sites (tertiary alicyclic amines) is 1. The van der Waals surface area contributed by atoms with Crippen LogP contribution in [0.2, 0.25) is 0 Å². The number of para-hydroxylation sites is 1. The standard InChI is InChI=1S/C23H26N2O4/c1-17-9-10-20(28-2)19(13-17)22(27)24-12-6-11-23(15-24)16-25(21(26)14-29-23)18-7-4-3-5-8-18/h3-5,7-10,13H,6,11-12,14-16H2,1-2H3. The van der Waals surface area contributed by atoms with Gasteiger partial charge in [-0.25, -0.2) is 0 Å². The number of rotatable bonds is 3. The van der Waals surface area contributed by atoms with E-state index < -0.39 is 5.60 Å². The zero-order valence-electron chi connectivity index (χ0n) is 16.9. The van der Waals surface area contributed by atoms with Crippen LogP contribution in [-0.4, -0.2) is 55.7 Å². The molecule has 6 heteroatoms. The van der Waals surface area contributed by atoms with Crippen molar-refractivity contribution in [2.24, 2.45) is 0 Å². The molecular weight excluding hydrogens is 368 g/mol. The van der Waals surface area contributed by atoms with Crippen molar-refractivity contribution in [3.8, 4) is 5.75 Å². The first-order chi connectivity index (χ1) is 14.0. The molecular formula is C23H26N2O4. The Morgan fingerprint density at radius 2 is 1.93 bits per heavy atom. The summed E-state index contributed by atoms with van der Waals surface area (Å²) in [4.78, 5) is 29.4. The average Bonchev–Trinajstić information content (AvgIpc) is 2.76. The van der Waals surface area contributed by atoms with Gasteiger partial charge in [0.1, 0.15) is 18.0 Å². The second kappa shape index (κ2) is 7.87. The van der Waals surface area contributed by atoms with Crippen molar-refractivity contribution in [2.75, 3.05) is 38.3 Å². The van der Waals surface area contributed by atoms with Crippen molar-refractivity contribution in [2.45, 2.75) is 25.4 Å². The number of ether oxygens (including phenoxy) is 2. The molecule has 1 atom stereocenters. The fraction of sp³-hybridized carbons (Fsp3) is 0.391. The fourth-order valence-corrected chi connectivity index (χ4v) is 4.24. The zero-order chi connectivity index (χ0) is 20.4. The van der Waals surface area contributed by atoms with Gasteiger partial charge in [0.15, 0.2) is 0 Å². The lowest BCUT2D eigenvalue weighted by Gasteiger charge is -2.47. The highest BCUT2D eigenvalue weighted by Gasteiger charge is 2.44. The molecule has 2 aliphatic heterocycles. The van der Waals surface area contributed by atoms with Gasteiger partial charge in [0.2, 0.25) is 0 Å². The third-order valence-electron chi connectivity index (χ3n) is 5.73. The smallest absolute Gasteiger partial charge is 0.257 e. The van der Waals surface area contributed by atoms with Crippen LogP contribution in [0.3, 0.4) is 0 Å². The molecule has 1 spiro atoms. The predicted octanol–water partition coefficient (Wildman–Crippen LogP) is 3.04. The maximum atomic E-state index is 13.3. The number of benzene rings is 2. The van der Waals surface area contributed by atoms with Gasteiger partial charge >= 0.3 is 0 Å². The number of amides is 2. The number of hydrogen-bond acceptors (Lipinski definition) is 4. The number of hydrogen-bond donors (Lipinski definition) is 0. The lowest BCUT2D eigenvalue weighted by atomic mass is 9.89. The molecule has 2 aliphatic rings. The summed E-state index contributed by atoms with van der Waals surface area (Å²) < 4.78 is 11.5. The summed E-state index contributed by atoms with van der Waals surface area (Å²) in [5.74, 6) is 0.466. The molecule has 2 saturated heterocycles. The van der Waals surface area contributed by atoms with Gasteiger partial charge in [0.05, 0.1) is 25.8 Å². The average molecular weight is 394 g/mol. The summed E-state index contributed by atoms with van der Waals surface area (Å²) in [6.45, 7) is 3.57. The molecule has 0 bridgehead atoms. The quantitative estimate of drug-likeness (QED) is 0.803. The Morgan fingerprint density at radius 3 is 2.69 bits per heavy atom. The molecule has 2 amide bonds. The molecule has 2 heterocycles. The summed E-state index contributed by atoms with van der Waals surface area (Å²) >= 11 is 0. The van der Waals surface area contributed by atoms with Gasteiger partial charge in [-0.3, -0.25) is 9.59 Å². The predicted molar refractivity (Wildman–Crippen MR) is 110 cm³/mol. The van der Waals surface area contributed by atoms with Gasteiger partial charge in [-0.1, -0.05) is 29.8 Å². The summed E-state index contributed by atoms with van der Waals surface area (Å²) in [5.41, 5.74) is 1.89. The van der Waals surface area contributed by atoms with Gasteiger partial charge < -0.3 is 19.3 Å². The van der Waals surface area contributed by atoms with E-state index >= 15 is 0 Å². The van der Waals surface area contributed by atoms with E-state index in [1.54, 1.807) is 12.0 Å². The highest BCUT2D eigenvalue weighted by atomic mass is 16.5. The van der Waals surface area contributed by atoms with Crippen LogP contribution in [0.4, 0.5) is 5.69 Å². The first-order valence-electron chi connectivity index (χ1n) is 9.95. The zero-order valence-corrected chi connectivity index (χ0v) is 16.9. The van der Waals surface area contributed by atoms with Crippen LogP contribution in [0.25, 0.3) is 0 Å². The van der Waals surface area contributed by atoms with Crippen LogP contribution in [-0.2, 0) is 9.53 Å². The molecule has 2 fully saturated rings. The lowest BCUT2D eigenvalue weighted by Crippen LogP contribution is -2.62. The van der Waals surface area contributed by atoms with Crippen molar-refractivity contribution < 1.29 is 19.1 Å². The summed E-state index contributed by atoms with van der Waals surface area (Å²) in [5, 5.41) is 0. The Hall–Kier alpha value is -2.86. The molecule has 1 unspecified atom stereocenters. The second-order valence-electron chi connectivity index (χ2n) is 7.82. The van der Waals surface area contributed by atoms with Gasteiger partial charge in [-0.2, -0.15) is 0 Å². The van der Waals surface area contributed by atoms with Crippen LogP contribution in [0.1, 0.15) is 28.8 Å². The van der Waals surface area contributed by atoms with Crippen LogP contribution in [0, 0.1) is 6.92 Å². The monoisotopic (exact) mass is 394 g/mol. The molecule has 0 aromatic heterocycles. The molecule has 0 radical (unpaired) electrons. The first kappa shape index (κ1) is 19.5. The molecule has 0 aliphatic carbocycles. The van der Waals surface area contributed by atoms with E-state index in [1.165, 1.54) is 0 Å². The number of morpholine rings is 1. The molecule has 6 nitrogen and oxygen atoms in total. The van der Waals surface area contributed by atoms with E-state index in [2.05, 4.69) is 0 Å². The van der Waals surface area contributed by atoms with Crippen LogP contribution >= 0.6 is 0 Å². The van der Waals surface area contributed by atoms with Gasteiger partial charge in [-0.15, -0.1) is 0 Å². The second-order valence-corrected chi connectivity index (χ2v) is 7.82. The Morgan fingerprint density at radius 1 is 1.14 bits per heavy atom. The van der Waals surface area contributed by atoms with Gasteiger partial charge in [-0.05, 0) is 44.0 Å². The van der Waals surface area contributed by atoms with E-state index in [4.69, 9.17) is 9.47 Å². The highest BCUT2D eigenvalue weighted by Crippen LogP contribution is 2.33. The Labute approximate surface area is 171 Å². The van der Waals surface area contributed by atoms with Crippen molar-refractivity contribution in [3.05, 3.63) is 59.7 Å². The van der Waals surface area contributed by atoms with Crippen LogP contribution < -0.4 is 9.64 Å². The number of carbonyl (C=O) groups excluding carboxylic acids is 2. The van der Waals surface area contributed by atoms with E-state index in [9.17, 15) is 9.59 Å². The third-order valence-corrected chi connectivity index (χ3v) is 5.73. The van der Waals surface area contributed by atoms with E-state index in [-0.39, 0.29) is 18.4 Å². The minimum atomic E-state index is -0.547. The summed E-state index contributed by atoms with van der Waals surface area (Å²) in [6, 6.07) is 15.3. The van der Waals surface area contributed by atoms with Gasteiger partial charge in [0, 0.05) is 12.2 Å². The van der Waals surface area contributed by atoms with Crippen LogP contribution in [0.5, 0.6) is 5.75 Å². The van der Waals surface area contributed by atoms with Gasteiger partial charge in [0.25, 0.3) is 11.8 Å². The van der Waals surface area contributed by atoms with Crippen LogP contribution in [0.15, 0.2) is 48.5 Å². The Kier molecular flexibility index (Phi) is 5.28. The largest absolute Gasteiger partial charge is 0.496 e. The third kappa shape index (κ3) is 3.85. The number of nitrogens with zero attached hydrogens (tertiary/aromatic N) is 2. The highest BCUT2D eigenvalue weighted by molar-refractivity contribution is 5.97. The Bertz CT molecular complexity index is 914. The van der Waals surface area contributed by atoms with E-state index in [1.807, 2.05) is 60.4 Å². The minimum absolute atomic E-state index is 0.0324. The summed E-state index contributed by atoms with van der Waals surface area (Å²) in [7, 11) is 1.58. The number of anilines is 1. The van der Waals surface area contributed by atoms with Crippen molar-refractivity contribution in [1.29, 1.82) is 0 Å². The SMILES string of the molecule is COc1ccc(C)cc1C(=O)N1CCCC2(C1)CN(c1ccccc1)C(=O)CO2. The van der Waals surface area contributed by atoms with E-state index in [0.29, 0.717) is 30.9 Å². The molecule has 2 aromatic carbocycles. The number of carbonyl (C=O) groups is 2. The molecule has 152 valence electrons. The first-order valence-corrected chi connectivity index (χ1v) is 9.95. The molecule has 0 N–H and O–H groups in total. The molecule has 0 saturated carbocycles. The minimum Gasteiger partial charge on any atom is -0.496 e. The number of aryl methyl sites for hydroxylation is 1. The summed E-state index contributed by atoms with van der Waals surface area (Å²) in [6.07, 6.45) is 1.65. The molecule has 2 aromatic rings. The normalized spacial score (nSPS) is 22.1. The number of piperidine rings is 1. The molecule has 29 heavy (non-hydrogen) atoms.